The minimum Gasteiger partial charge on any atom is -0.250 e. The maximum atomic E-state index is 11.2. The average molecular weight is 187 g/mol. The van der Waals surface area contributed by atoms with E-state index in [0.717, 1.165) is 23.6 Å². The smallest absolute Gasteiger partial charge is 0.180 e. The van der Waals surface area contributed by atoms with Gasteiger partial charge in [-0.15, -0.1) is 0 Å². The van der Waals surface area contributed by atoms with Gasteiger partial charge < -0.3 is 0 Å². The van der Waals surface area contributed by atoms with Gasteiger partial charge in [0.1, 0.15) is 6.61 Å². The van der Waals surface area contributed by atoms with Crippen LogP contribution in [0.4, 0.5) is 0 Å². The molecule has 0 aromatic heterocycles. The van der Waals surface area contributed by atoms with Crippen LogP contribution in [-0.4, -0.2) is 12.3 Å². The van der Waals surface area contributed by atoms with Gasteiger partial charge in [0.25, 0.3) is 0 Å². The molecule has 0 spiro atoms. The van der Waals surface area contributed by atoms with Gasteiger partial charge in [-0.2, -0.15) is 0 Å². The Balaban J connectivity index is 2.19. The summed E-state index contributed by atoms with van der Waals surface area (Å²) in [6.07, 6.45) is 2.20. The molecule has 3 rings (SSSR count). The van der Waals surface area contributed by atoms with Gasteiger partial charge in [-0.3, -0.25) is 9.98 Å². The maximum Gasteiger partial charge on any atom is 0.180 e. The predicted octanol–water partition coefficient (Wildman–Crippen LogP) is 0.476. The summed E-state index contributed by atoms with van der Waals surface area (Å²) in [6, 6.07) is 7.73. The Kier molecular flexibility index (Phi) is 1.53. The minimum atomic E-state index is -0.649. The van der Waals surface area contributed by atoms with Crippen LogP contribution in [0.15, 0.2) is 34.3 Å². The second-order valence-electron chi connectivity index (χ2n) is 4.01. The summed E-state index contributed by atoms with van der Waals surface area (Å²) in [5, 5.41) is 13.0. The highest BCUT2D eigenvalue weighted by atomic mass is 16.3. The number of fused-ring (bicyclic) bond motifs is 1. The van der Waals surface area contributed by atoms with E-state index in [9.17, 15) is 5.11 Å². The van der Waals surface area contributed by atoms with Crippen molar-refractivity contribution in [3.8, 4) is 0 Å². The van der Waals surface area contributed by atoms with Crippen LogP contribution in [0.25, 0.3) is 0 Å². The van der Waals surface area contributed by atoms with Crippen molar-refractivity contribution in [2.75, 3.05) is 6.61 Å². The van der Waals surface area contributed by atoms with Gasteiger partial charge in [-0.1, -0.05) is 12.1 Å². The molecule has 1 aliphatic heterocycles. The molecule has 1 aromatic rings. The molecule has 0 bridgehead atoms. The van der Waals surface area contributed by atoms with Gasteiger partial charge in [0, 0.05) is 5.92 Å². The molecule has 1 aromatic carbocycles. The topological polar surface area (TPSA) is 44.6 Å². The van der Waals surface area contributed by atoms with Crippen molar-refractivity contribution < 1.29 is 5.11 Å². The third kappa shape index (κ3) is 1.02. The zero-order valence-corrected chi connectivity index (χ0v) is 7.81. The van der Waals surface area contributed by atoms with E-state index in [1.54, 1.807) is 0 Å². The normalized spacial score (nSPS) is 22.4. The average Bonchev–Trinajstić information content (AvgIpc) is 2.99. The van der Waals surface area contributed by atoms with E-state index < -0.39 is 5.66 Å². The Morgan fingerprint density at radius 3 is 2.21 bits per heavy atom. The van der Waals surface area contributed by atoms with Gasteiger partial charge in [-0.25, -0.2) is 5.11 Å². The summed E-state index contributed by atoms with van der Waals surface area (Å²) in [6.45, 7) is -0.216. The Morgan fingerprint density at radius 1 is 1.21 bits per heavy atom. The lowest BCUT2D eigenvalue weighted by molar-refractivity contribution is 0.114. The largest absolute Gasteiger partial charge is 0.250 e. The molecule has 3 heteroatoms. The predicted molar refractivity (Wildman–Crippen MR) is 49.8 cm³/mol. The van der Waals surface area contributed by atoms with E-state index in [2.05, 4.69) is 9.98 Å². The monoisotopic (exact) mass is 187 g/mol. The van der Waals surface area contributed by atoms with Gasteiger partial charge in [0.05, 0.1) is 10.7 Å². The second-order valence-corrected chi connectivity index (χ2v) is 4.01. The van der Waals surface area contributed by atoms with Gasteiger partial charge in [0.2, 0.25) is 0 Å². The molecule has 2 aliphatic rings. The molecule has 0 N–H and O–H groups in total. The molecule has 0 atom stereocenters. The fourth-order valence-corrected chi connectivity index (χ4v) is 2.01. The molecule has 1 aliphatic carbocycles. The number of para-hydroxylation sites is 2. The van der Waals surface area contributed by atoms with Crippen molar-refractivity contribution in [2.24, 2.45) is 15.9 Å². The fraction of sp³-hybridized carbons (Fsp3) is 0.455. The first-order valence-electron chi connectivity index (χ1n) is 4.97. The molecule has 0 saturated heterocycles. The lowest BCUT2D eigenvalue weighted by atomic mass is 10.1. The third-order valence-corrected chi connectivity index (χ3v) is 2.95. The number of hydrogen-bond donors (Lipinski definition) is 0. The number of hydrogen-bond acceptors (Lipinski definition) is 2. The summed E-state index contributed by atoms with van der Waals surface area (Å²) in [5.41, 5.74) is -0.649. The number of nitrogens with zero attached hydrogens (tertiary/aromatic N) is 2. The van der Waals surface area contributed by atoms with E-state index in [-0.39, 0.29) is 6.61 Å². The molecule has 14 heavy (non-hydrogen) atoms. The summed E-state index contributed by atoms with van der Waals surface area (Å²) < 4.78 is 0. The SMILES string of the molecule is [O]CC1(C2CC2)N=c2ccccc2=N1. The van der Waals surface area contributed by atoms with Crippen LogP contribution >= 0.6 is 0 Å². The summed E-state index contributed by atoms with van der Waals surface area (Å²) in [4.78, 5) is 8.97. The van der Waals surface area contributed by atoms with Crippen LogP contribution in [0.5, 0.6) is 0 Å². The van der Waals surface area contributed by atoms with Gasteiger partial charge in [0.15, 0.2) is 5.66 Å². The van der Waals surface area contributed by atoms with E-state index in [4.69, 9.17) is 0 Å². The van der Waals surface area contributed by atoms with Crippen LogP contribution in [0.1, 0.15) is 12.8 Å². The third-order valence-electron chi connectivity index (χ3n) is 2.95. The maximum absolute atomic E-state index is 11.2. The first-order valence-corrected chi connectivity index (χ1v) is 4.97. The summed E-state index contributed by atoms with van der Waals surface area (Å²) >= 11 is 0. The van der Waals surface area contributed by atoms with Crippen molar-refractivity contribution in [3.05, 3.63) is 35.0 Å². The van der Waals surface area contributed by atoms with Gasteiger partial charge in [-0.05, 0) is 25.0 Å². The number of benzene rings is 1. The van der Waals surface area contributed by atoms with Crippen molar-refractivity contribution >= 4 is 0 Å². The molecular weight excluding hydrogens is 176 g/mol. The van der Waals surface area contributed by atoms with Crippen molar-refractivity contribution in [1.82, 2.24) is 0 Å². The Bertz CT molecular complexity index is 441. The first-order chi connectivity index (χ1) is 6.84. The lowest BCUT2D eigenvalue weighted by Gasteiger charge is -2.17. The number of rotatable bonds is 2. The molecule has 1 fully saturated rings. The van der Waals surface area contributed by atoms with Crippen LogP contribution in [0.3, 0.4) is 0 Å². The first kappa shape index (κ1) is 8.12. The van der Waals surface area contributed by atoms with E-state index in [1.165, 1.54) is 0 Å². The Labute approximate surface area is 81.8 Å². The van der Waals surface area contributed by atoms with Crippen molar-refractivity contribution in [2.45, 2.75) is 18.5 Å². The molecular formula is C11H11N2O. The standard InChI is InChI=1S/C11H11N2O/c14-7-11(8-5-6-8)12-9-3-1-2-4-10(9)13-11/h1-4,8H,5-7H2. The van der Waals surface area contributed by atoms with Crippen LogP contribution < -0.4 is 10.7 Å². The Hall–Kier alpha value is -1.22. The molecule has 0 amide bonds. The van der Waals surface area contributed by atoms with E-state index in [1.807, 2.05) is 24.3 Å². The van der Waals surface area contributed by atoms with Gasteiger partial charge >= 0.3 is 0 Å². The van der Waals surface area contributed by atoms with Crippen LogP contribution in [0.2, 0.25) is 0 Å². The van der Waals surface area contributed by atoms with Crippen molar-refractivity contribution in [3.63, 3.8) is 0 Å². The highest BCUT2D eigenvalue weighted by Gasteiger charge is 2.46. The molecule has 1 heterocycles. The quantitative estimate of drug-likeness (QED) is 0.646. The van der Waals surface area contributed by atoms with E-state index in [0.29, 0.717) is 5.92 Å². The highest BCUT2D eigenvalue weighted by Crippen LogP contribution is 2.42. The van der Waals surface area contributed by atoms with Crippen LogP contribution in [0, 0.1) is 5.92 Å². The summed E-state index contributed by atoms with van der Waals surface area (Å²) in [7, 11) is 0. The highest BCUT2D eigenvalue weighted by molar-refractivity contribution is 5.11. The lowest BCUT2D eigenvalue weighted by Crippen LogP contribution is -2.30. The molecule has 71 valence electrons. The minimum absolute atomic E-state index is 0.216. The zero-order valence-electron chi connectivity index (χ0n) is 7.81. The molecule has 1 radical (unpaired) electrons. The van der Waals surface area contributed by atoms with Crippen LogP contribution in [-0.2, 0) is 5.11 Å². The fourth-order valence-electron chi connectivity index (χ4n) is 2.01. The van der Waals surface area contributed by atoms with Crippen molar-refractivity contribution in [1.29, 1.82) is 0 Å². The summed E-state index contributed by atoms with van der Waals surface area (Å²) in [5.74, 6) is 0.396. The second kappa shape index (κ2) is 2.64. The molecule has 0 unspecified atom stereocenters. The Morgan fingerprint density at radius 2 is 1.79 bits per heavy atom. The van der Waals surface area contributed by atoms with E-state index >= 15 is 0 Å². The molecule has 1 saturated carbocycles. The molecule has 3 nitrogen and oxygen atoms in total. The zero-order chi connectivity index (χ0) is 9.60.